The normalized spacial score (nSPS) is 11.3. The Hall–Kier alpha value is -1.23. The van der Waals surface area contributed by atoms with Crippen molar-refractivity contribution in [2.45, 2.75) is 11.8 Å². The highest BCUT2D eigenvalue weighted by atomic mass is 35.5. The Morgan fingerprint density at radius 1 is 1.00 bits per heavy atom. The molecule has 2 aromatic carbocycles. The van der Waals surface area contributed by atoms with Crippen LogP contribution in [0.15, 0.2) is 53.4 Å². The summed E-state index contributed by atoms with van der Waals surface area (Å²) in [5.74, 6) is 0. The molecule has 0 aliphatic carbocycles. The summed E-state index contributed by atoms with van der Waals surface area (Å²) in [7, 11) is -3.65. The molecule has 0 N–H and O–H groups in total. The quantitative estimate of drug-likeness (QED) is 0.842. The maximum atomic E-state index is 12.7. The zero-order valence-electron chi connectivity index (χ0n) is 10.8. The molecule has 0 saturated carbocycles. The van der Waals surface area contributed by atoms with Crippen molar-refractivity contribution in [3.05, 3.63) is 58.6 Å². The fraction of sp³-hybridized carbons (Fsp3) is 0.143. The largest absolute Gasteiger partial charge is 0.265 e. The summed E-state index contributed by atoms with van der Waals surface area (Å²) in [6, 6.07) is 12.9. The fourth-order valence-corrected chi connectivity index (χ4v) is 3.76. The molecule has 0 aromatic heterocycles. The highest BCUT2D eigenvalue weighted by molar-refractivity contribution is 7.92. The van der Waals surface area contributed by atoms with Crippen molar-refractivity contribution in [3.63, 3.8) is 0 Å². The van der Waals surface area contributed by atoms with E-state index >= 15 is 0 Å². The molecule has 0 unspecified atom stereocenters. The van der Waals surface area contributed by atoms with Gasteiger partial charge in [0.05, 0.1) is 15.6 Å². The minimum Gasteiger partial charge on any atom is -0.265 e. The van der Waals surface area contributed by atoms with Gasteiger partial charge in [-0.1, -0.05) is 35.3 Å². The average molecular weight is 330 g/mol. The van der Waals surface area contributed by atoms with Crippen LogP contribution in [0.5, 0.6) is 0 Å². The van der Waals surface area contributed by atoms with E-state index in [9.17, 15) is 8.42 Å². The van der Waals surface area contributed by atoms with Gasteiger partial charge in [0.25, 0.3) is 10.0 Å². The minimum absolute atomic E-state index is 0.184. The molecule has 0 bridgehead atoms. The molecule has 0 aliphatic heterocycles. The zero-order valence-corrected chi connectivity index (χ0v) is 13.1. The summed E-state index contributed by atoms with van der Waals surface area (Å²) in [4.78, 5) is 0.184. The van der Waals surface area contributed by atoms with E-state index in [1.807, 2.05) is 0 Å². The maximum Gasteiger partial charge on any atom is 0.264 e. The first kappa shape index (κ1) is 15.2. The molecule has 0 aliphatic rings. The number of hydrogen-bond acceptors (Lipinski definition) is 2. The summed E-state index contributed by atoms with van der Waals surface area (Å²) in [5.41, 5.74) is 0.464. The smallest absolute Gasteiger partial charge is 0.264 e. The van der Waals surface area contributed by atoms with Crippen LogP contribution in [0.4, 0.5) is 5.69 Å². The van der Waals surface area contributed by atoms with Crippen LogP contribution in [-0.4, -0.2) is 15.0 Å². The van der Waals surface area contributed by atoms with Gasteiger partial charge in [-0.2, -0.15) is 0 Å². The van der Waals surface area contributed by atoms with Gasteiger partial charge in [-0.25, -0.2) is 8.42 Å². The van der Waals surface area contributed by atoms with E-state index < -0.39 is 10.0 Å². The molecule has 106 valence electrons. The number of para-hydroxylation sites is 1. The first-order chi connectivity index (χ1) is 9.46. The molecule has 0 heterocycles. The second-order valence-corrected chi connectivity index (χ2v) is 6.78. The van der Waals surface area contributed by atoms with Gasteiger partial charge >= 0.3 is 0 Å². The van der Waals surface area contributed by atoms with Crippen molar-refractivity contribution in [1.29, 1.82) is 0 Å². The van der Waals surface area contributed by atoms with Crippen LogP contribution in [0.2, 0.25) is 10.0 Å². The van der Waals surface area contributed by atoms with Crippen molar-refractivity contribution < 1.29 is 8.42 Å². The number of benzene rings is 2. The Labute approximate surface area is 128 Å². The molecule has 2 rings (SSSR count). The van der Waals surface area contributed by atoms with E-state index in [-0.39, 0.29) is 11.4 Å². The minimum atomic E-state index is -3.65. The van der Waals surface area contributed by atoms with Gasteiger partial charge in [0, 0.05) is 11.6 Å². The third kappa shape index (κ3) is 2.92. The van der Waals surface area contributed by atoms with Crippen molar-refractivity contribution in [3.8, 4) is 0 Å². The van der Waals surface area contributed by atoms with Crippen LogP contribution in [-0.2, 0) is 10.0 Å². The van der Waals surface area contributed by atoms with Gasteiger partial charge in [-0.3, -0.25) is 4.31 Å². The Morgan fingerprint density at radius 2 is 1.60 bits per heavy atom. The van der Waals surface area contributed by atoms with E-state index in [0.717, 1.165) is 0 Å². The molecule has 0 atom stereocenters. The van der Waals surface area contributed by atoms with Gasteiger partial charge in [-0.05, 0) is 43.3 Å². The molecule has 0 fully saturated rings. The number of nitrogens with zero attached hydrogens (tertiary/aromatic N) is 1. The number of hydrogen-bond donors (Lipinski definition) is 0. The molecular formula is C14H13Cl2NO2S. The number of anilines is 1. The third-order valence-corrected chi connectivity index (χ3v) is 5.28. The van der Waals surface area contributed by atoms with Crippen LogP contribution in [0.25, 0.3) is 0 Å². The zero-order chi connectivity index (χ0) is 14.8. The molecular weight excluding hydrogens is 317 g/mol. The Morgan fingerprint density at radius 3 is 2.15 bits per heavy atom. The van der Waals surface area contributed by atoms with Crippen LogP contribution < -0.4 is 4.31 Å². The van der Waals surface area contributed by atoms with E-state index in [0.29, 0.717) is 15.7 Å². The summed E-state index contributed by atoms with van der Waals surface area (Å²) in [6.07, 6.45) is 0. The lowest BCUT2D eigenvalue weighted by atomic mass is 10.3. The van der Waals surface area contributed by atoms with Gasteiger partial charge < -0.3 is 0 Å². The van der Waals surface area contributed by atoms with E-state index in [1.165, 1.54) is 16.4 Å². The standard InChI is InChI=1S/C14H13Cl2NO2S/c1-2-17(14-6-4-3-5-13(14)16)20(18,19)12-9-7-11(15)8-10-12/h3-10H,2H2,1H3. The summed E-state index contributed by atoms with van der Waals surface area (Å²) in [5, 5.41) is 0.886. The van der Waals surface area contributed by atoms with Crippen LogP contribution >= 0.6 is 23.2 Å². The molecule has 0 amide bonds. The molecule has 6 heteroatoms. The second kappa shape index (κ2) is 6.04. The first-order valence-corrected chi connectivity index (χ1v) is 8.19. The van der Waals surface area contributed by atoms with Crippen LogP contribution in [0, 0.1) is 0 Å². The topological polar surface area (TPSA) is 37.4 Å². The average Bonchev–Trinajstić information content (AvgIpc) is 2.42. The van der Waals surface area contributed by atoms with E-state index in [2.05, 4.69) is 0 Å². The summed E-state index contributed by atoms with van der Waals surface area (Å²) in [6.45, 7) is 2.05. The molecule has 0 saturated heterocycles. The molecule has 3 nitrogen and oxygen atoms in total. The van der Waals surface area contributed by atoms with Gasteiger partial charge in [0.1, 0.15) is 0 Å². The lowest BCUT2D eigenvalue weighted by molar-refractivity contribution is 0.592. The number of rotatable bonds is 4. The van der Waals surface area contributed by atoms with Crippen molar-refractivity contribution in [1.82, 2.24) is 0 Å². The molecule has 20 heavy (non-hydrogen) atoms. The van der Waals surface area contributed by atoms with Crippen molar-refractivity contribution in [2.24, 2.45) is 0 Å². The Balaban J connectivity index is 2.51. The lowest BCUT2D eigenvalue weighted by Gasteiger charge is -2.23. The van der Waals surface area contributed by atoms with Gasteiger partial charge in [0.2, 0.25) is 0 Å². The van der Waals surface area contributed by atoms with Gasteiger partial charge in [-0.15, -0.1) is 0 Å². The lowest BCUT2D eigenvalue weighted by Crippen LogP contribution is -2.30. The van der Waals surface area contributed by atoms with Gasteiger partial charge in [0.15, 0.2) is 0 Å². The second-order valence-electron chi connectivity index (χ2n) is 4.08. The monoisotopic (exact) mass is 329 g/mol. The third-order valence-electron chi connectivity index (χ3n) is 2.81. The number of sulfonamides is 1. The van der Waals surface area contributed by atoms with E-state index in [4.69, 9.17) is 23.2 Å². The van der Waals surface area contributed by atoms with Crippen LogP contribution in [0.1, 0.15) is 6.92 Å². The highest BCUT2D eigenvalue weighted by Crippen LogP contribution is 2.30. The maximum absolute atomic E-state index is 12.7. The fourth-order valence-electron chi connectivity index (χ4n) is 1.86. The Bertz CT molecular complexity index is 699. The van der Waals surface area contributed by atoms with E-state index in [1.54, 1.807) is 43.3 Å². The van der Waals surface area contributed by atoms with Crippen molar-refractivity contribution >= 4 is 38.9 Å². The van der Waals surface area contributed by atoms with Crippen molar-refractivity contribution in [2.75, 3.05) is 10.8 Å². The SMILES string of the molecule is CCN(c1ccccc1Cl)S(=O)(=O)c1ccc(Cl)cc1. The first-order valence-electron chi connectivity index (χ1n) is 5.99. The highest BCUT2D eigenvalue weighted by Gasteiger charge is 2.24. The summed E-state index contributed by atoms with van der Waals surface area (Å²) < 4.78 is 26.6. The number of halogens is 2. The molecule has 2 aromatic rings. The Kier molecular flexibility index (Phi) is 4.58. The predicted molar refractivity (Wildman–Crippen MR) is 83.1 cm³/mol. The van der Waals surface area contributed by atoms with Crippen LogP contribution in [0.3, 0.4) is 0 Å². The molecule has 0 spiro atoms. The predicted octanol–water partition coefficient (Wildman–Crippen LogP) is 4.21. The molecule has 0 radical (unpaired) electrons. The summed E-state index contributed by atoms with van der Waals surface area (Å²) >= 11 is 11.9.